The van der Waals surface area contributed by atoms with Crippen molar-refractivity contribution in [3.05, 3.63) is 11.9 Å². The summed E-state index contributed by atoms with van der Waals surface area (Å²) in [4.78, 5) is 14.4. The summed E-state index contributed by atoms with van der Waals surface area (Å²) in [6.45, 7) is 5.99. The normalized spacial score (nSPS) is 20.0. The molecule has 3 rings (SSSR count). The first-order chi connectivity index (χ1) is 9.83. The molecule has 20 heavy (non-hydrogen) atoms. The fourth-order valence-corrected chi connectivity index (χ4v) is 2.62. The van der Waals surface area contributed by atoms with E-state index in [9.17, 15) is 4.79 Å². The minimum atomic E-state index is -0.120. The van der Waals surface area contributed by atoms with E-state index in [0.717, 1.165) is 26.1 Å². The van der Waals surface area contributed by atoms with Crippen LogP contribution in [0.3, 0.4) is 0 Å². The van der Waals surface area contributed by atoms with Gasteiger partial charge >= 0.3 is 0 Å². The molecule has 0 unspecified atom stereocenters. The third-order valence-electron chi connectivity index (χ3n) is 4.01. The van der Waals surface area contributed by atoms with Gasteiger partial charge in [0.2, 0.25) is 0 Å². The van der Waals surface area contributed by atoms with Gasteiger partial charge in [0.1, 0.15) is 0 Å². The van der Waals surface area contributed by atoms with Gasteiger partial charge in [-0.2, -0.15) is 0 Å². The molecule has 2 aliphatic heterocycles. The number of nitrogens with zero attached hydrogens (tertiary/aromatic N) is 4. The van der Waals surface area contributed by atoms with Crippen molar-refractivity contribution >= 4 is 5.91 Å². The average molecular weight is 278 g/mol. The Hall–Kier alpha value is -1.47. The maximum Gasteiger partial charge on any atom is 0.273 e. The Morgan fingerprint density at radius 3 is 2.90 bits per heavy atom. The molecule has 0 saturated carbocycles. The molecular formula is C13H22N6O. The van der Waals surface area contributed by atoms with E-state index in [1.165, 1.54) is 25.9 Å². The van der Waals surface area contributed by atoms with Crippen LogP contribution >= 0.6 is 0 Å². The van der Waals surface area contributed by atoms with Crippen molar-refractivity contribution in [1.82, 2.24) is 30.5 Å². The minimum Gasteiger partial charge on any atom is -0.351 e. The molecule has 0 bridgehead atoms. The number of rotatable bonds is 6. The van der Waals surface area contributed by atoms with Gasteiger partial charge in [-0.15, -0.1) is 5.10 Å². The van der Waals surface area contributed by atoms with E-state index in [2.05, 4.69) is 25.8 Å². The quantitative estimate of drug-likeness (QED) is 0.695. The topological polar surface area (TPSA) is 75.1 Å². The third-order valence-corrected chi connectivity index (χ3v) is 4.01. The summed E-state index contributed by atoms with van der Waals surface area (Å²) >= 11 is 0. The van der Waals surface area contributed by atoms with Gasteiger partial charge in [0.25, 0.3) is 5.91 Å². The van der Waals surface area contributed by atoms with Gasteiger partial charge in [0, 0.05) is 19.6 Å². The second-order valence-corrected chi connectivity index (χ2v) is 5.55. The van der Waals surface area contributed by atoms with Crippen molar-refractivity contribution in [3.8, 4) is 0 Å². The predicted molar refractivity (Wildman–Crippen MR) is 74.6 cm³/mol. The van der Waals surface area contributed by atoms with E-state index in [4.69, 9.17) is 0 Å². The molecule has 3 heterocycles. The molecule has 0 atom stereocenters. The molecule has 2 saturated heterocycles. The Morgan fingerprint density at radius 1 is 1.40 bits per heavy atom. The summed E-state index contributed by atoms with van der Waals surface area (Å²) in [7, 11) is 0. The number of carbonyl (C=O) groups excluding carboxylic acids is 1. The highest BCUT2D eigenvalue weighted by atomic mass is 16.2. The fraction of sp³-hybridized carbons (Fsp3) is 0.769. The van der Waals surface area contributed by atoms with Crippen LogP contribution in [0.1, 0.15) is 35.8 Å². The monoisotopic (exact) mass is 278 g/mol. The molecule has 7 heteroatoms. The molecule has 0 radical (unpaired) electrons. The van der Waals surface area contributed by atoms with Crippen molar-refractivity contribution in [1.29, 1.82) is 0 Å². The number of carbonyl (C=O) groups is 1. The number of likely N-dealkylation sites (tertiary alicyclic amines) is 1. The lowest BCUT2D eigenvalue weighted by Crippen LogP contribution is -2.43. The highest BCUT2D eigenvalue weighted by Gasteiger charge is 2.21. The highest BCUT2D eigenvalue weighted by Crippen LogP contribution is 2.10. The molecule has 1 amide bonds. The van der Waals surface area contributed by atoms with Gasteiger partial charge in [-0.25, -0.2) is 4.68 Å². The van der Waals surface area contributed by atoms with Crippen LogP contribution in [0.2, 0.25) is 0 Å². The molecule has 110 valence electrons. The van der Waals surface area contributed by atoms with Crippen LogP contribution in [-0.2, 0) is 0 Å². The van der Waals surface area contributed by atoms with E-state index in [1.807, 2.05) is 0 Å². The molecule has 0 spiro atoms. The maximum absolute atomic E-state index is 11.9. The molecule has 1 aromatic rings. The van der Waals surface area contributed by atoms with Crippen molar-refractivity contribution in [2.75, 3.05) is 39.3 Å². The Kier molecular flexibility index (Phi) is 4.27. The summed E-state index contributed by atoms with van der Waals surface area (Å²) in [5.41, 5.74) is 0.415. The molecule has 7 nitrogen and oxygen atoms in total. The lowest BCUT2D eigenvalue weighted by atomic mass is 10.2. The Bertz CT molecular complexity index is 449. The van der Waals surface area contributed by atoms with Gasteiger partial charge in [-0.3, -0.25) is 4.79 Å². The maximum atomic E-state index is 11.9. The zero-order valence-corrected chi connectivity index (χ0v) is 11.7. The summed E-state index contributed by atoms with van der Waals surface area (Å²) in [6, 6.07) is 0.346. The number of aromatic nitrogens is 3. The summed E-state index contributed by atoms with van der Waals surface area (Å²) in [6.07, 6.45) is 5.35. The van der Waals surface area contributed by atoms with E-state index >= 15 is 0 Å². The van der Waals surface area contributed by atoms with E-state index < -0.39 is 0 Å². The zero-order chi connectivity index (χ0) is 13.8. The number of hydrogen-bond donors (Lipinski definition) is 2. The minimum absolute atomic E-state index is 0.120. The summed E-state index contributed by atoms with van der Waals surface area (Å²) < 4.78 is 1.77. The van der Waals surface area contributed by atoms with Crippen molar-refractivity contribution in [2.24, 2.45) is 0 Å². The lowest BCUT2D eigenvalue weighted by molar-refractivity contribution is 0.0947. The van der Waals surface area contributed by atoms with Gasteiger partial charge in [0.15, 0.2) is 5.69 Å². The van der Waals surface area contributed by atoms with Crippen LogP contribution in [0.5, 0.6) is 0 Å². The van der Waals surface area contributed by atoms with Crippen molar-refractivity contribution in [3.63, 3.8) is 0 Å². The molecule has 2 fully saturated rings. The molecular weight excluding hydrogens is 256 g/mol. The van der Waals surface area contributed by atoms with E-state index in [-0.39, 0.29) is 5.91 Å². The Morgan fingerprint density at radius 2 is 2.20 bits per heavy atom. The van der Waals surface area contributed by atoms with E-state index in [1.54, 1.807) is 10.9 Å². The van der Waals surface area contributed by atoms with Gasteiger partial charge in [0.05, 0.1) is 12.2 Å². The molecule has 1 aromatic heterocycles. The number of nitrogens with one attached hydrogen (secondary N) is 2. The summed E-state index contributed by atoms with van der Waals surface area (Å²) in [5.74, 6) is -0.120. The molecule has 2 aliphatic rings. The SMILES string of the molecule is O=C(NCCCN1CCCC1)c1cn(C2CNC2)nn1. The van der Waals surface area contributed by atoms with Crippen LogP contribution in [0.15, 0.2) is 6.20 Å². The second-order valence-electron chi connectivity index (χ2n) is 5.55. The standard InChI is InChI=1S/C13H22N6O/c20-13(15-4-3-7-18-5-1-2-6-18)12-10-19(17-16-12)11-8-14-9-11/h10-11,14H,1-9H2,(H,15,20). The first kappa shape index (κ1) is 13.5. The number of amides is 1. The van der Waals surface area contributed by atoms with Crippen molar-refractivity contribution in [2.45, 2.75) is 25.3 Å². The molecule has 2 N–H and O–H groups in total. The lowest BCUT2D eigenvalue weighted by Gasteiger charge is -2.26. The van der Waals surface area contributed by atoms with E-state index in [0.29, 0.717) is 18.3 Å². The van der Waals surface area contributed by atoms with Crippen LogP contribution in [-0.4, -0.2) is 65.1 Å². The van der Waals surface area contributed by atoms with Crippen LogP contribution in [0.25, 0.3) is 0 Å². The van der Waals surface area contributed by atoms with Gasteiger partial charge < -0.3 is 15.5 Å². The second kappa shape index (κ2) is 6.32. The summed E-state index contributed by atoms with van der Waals surface area (Å²) in [5, 5.41) is 14.0. The highest BCUT2D eigenvalue weighted by molar-refractivity contribution is 5.91. The van der Waals surface area contributed by atoms with Crippen molar-refractivity contribution < 1.29 is 4.79 Å². The third kappa shape index (κ3) is 3.16. The largest absolute Gasteiger partial charge is 0.351 e. The zero-order valence-electron chi connectivity index (χ0n) is 11.7. The molecule has 0 aromatic carbocycles. The van der Waals surface area contributed by atoms with Gasteiger partial charge in [-0.05, 0) is 38.9 Å². The Balaban J connectivity index is 1.38. The first-order valence-corrected chi connectivity index (χ1v) is 7.46. The first-order valence-electron chi connectivity index (χ1n) is 7.46. The van der Waals surface area contributed by atoms with Crippen LogP contribution < -0.4 is 10.6 Å². The van der Waals surface area contributed by atoms with Crippen LogP contribution in [0, 0.1) is 0 Å². The Labute approximate surface area is 118 Å². The number of hydrogen-bond acceptors (Lipinski definition) is 5. The smallest absolute Gasteiger partial charge is 0.273 e. The fourth-order valence-electron chi connectivity index (χ4n) is 2.62. The predicted octanol–water partition coefficient (Wildman–Crippen LogP) is -0.362. The van der Waals surface area contributed by atoms with Gasteiger partial charge in [-0.1, -0.05) is 5.21 Å². The van der Waals surface area contributed by atoms with Crippen LogP contribution in [0.4, 0.5) is 0 Å². The average Bonchev–Trinajstić information content (AvgIpc) is 3.03. The molecule has 0 aliphatic carbocycles.